The van der Waals surface area contributed by atoms with Crippen LogP contribution in [0.1, 0.15) is 22.8 Å². The molecule has 8 bridgehead atoms. The van der Waals surface area contributed by atoms with Gasteiger partial charge in [-0.05, 0) is 24.3 Å². The van der Waals surface area contributed by atoms with Crippen LogP contribution in [0.2, 0.25) is 0 Å². The molecule has 2 aliphatic heterocycles. The van der Waals surface area contributed by atoms with Gasteiger partial charge in [-0.15, -0.1) is 22.1 Å². The van der Waals surface area contributed by atoms with E-state index in [4.69, 9.17) is 19.9 Å². The normalized spacial score (nSPS) is 12.2. The van der Waals surface area contributed by atoms with E-state index in [1.54, 1.807) is 0 Å². The van der Waals surface area contributed by atoms with E-state index in [-0.39, 0.29) is 17.1 Å². The number of hydrogen-bond donors (Lipinski definition) is 0. The van der Waals surface area contributed by atoms with Crippen LogP contribution in [0.4, 0.5) is 0 Å². The fourth-order valence-corrected chi connectivity index (χ4v) is 7.71. The fourth-order valence-electron chi connectivity index (χ4n) is 7.71. The summed E-state index contributed by atoms with van der Waals surface area (Å²) in [4.78, 5) is 21.5. The minimum absolute atomic E-state index is 0. The number of aromatic nitrogens is 12. The van der Waals surface area contributed by atoms with Crippen molar-refractivity contribution in [2.75, 3.05) is 0 Å². The van der Waals surface area contributed by atoms with Gasteiger partial charge in [0.25, 0.3) is 0 Å². The van der Waals surface area contributed by atoms with E-state index in [1.165, 1.54) is 0 Å². The van der Waals surface area contributed by atoms with Crippen molar-refractivity contribution in [3.8, 4) is 45.0 Å². The fraction of sp³-hybridized carbons (Fsp3) is 0.200. The second-order valence-corrected chi connectivity index (χ2v) is 14.0. The Labute approximate surface area is 317 Å². The van der Waals surface area contributed by atoms with Crippen LogP contribution in [0.25, 0.3) is 91.4 Å². The maximum atomic E-state index is 5.38. The smallest absolute Gasteiger partial charge is 0.657 e. The Morgan fingerprint density at radius 2 is 0.642 bits per heavy atom. The maximum absolute atomic E-state index is 5.38. The molecule has 0 aromatic carbocycles. The summed E-state index contributed by atoms with van der Waals surface area (Å²) >= 11 is 0. The van der Waals surface area contributed by atoms with Crippen LogP contribution < -0.4 is 28.2 Å². The molecule has 9 heterocycles. The molecule has 53 heavy (non-hydrogen) atoms. The molecule has 0 atom stereocenters. The molecule has 7 aromatic rings. The van der Waals surface area contributed by atoms with Gasteiger partial charge in [0, 0.05) is 22.3 Å². The first-order valence-electron chi connectivity index (χ1n) is 17.2. The van der Waals surface area contributed by atoms with Crippen LogP contribution >= 0.6 is 0 Å². The molecule has 2 aliphatic rings. The SMILES string of the molecule is Cn1c[n+](C)cc1-c1c2nc(c(-c3c[n+](C)cn3C)c3ccc([n-]3)c(-c3c[n+](C)cn3C)c3nc(c(-c4c[n+](C)cn4C)c4ccc1[n-]4)C=C3)C=C2.[Mn+2]. The number of imidazole rings is 4. The third-order valence-corrected chi connectivity index (χ3v) is 9.88. The van der Waals surface area contributed by atoms with Gasteiger partial charge in [-0.2, -0.15) is 0 Å². The first kappa shape index (κ1) is 34.1. The van der Waals surface area contributed by atoms with Crippen molar-refractivity contribution in [3.05, 3.63) is 97.1 Å². The van der Waals surface area contributed by atoms with Gasteiger partial charge in [0.2, 0.25) is 25.3 Å². The zero-order chi connectivity index (χ0) is 36.0. The monoisotopic (exact) mass is 743 g/mol. The van der Waals surface area contributed by atoms with E-state index in [2.05, 4.69) is 163 Å². The summed E-state index contributed by atoms with van der Waals surface area (Å²) in [6, 6.07) is 8.41. The number of aryl methyl sites for hydroxylation is 8. The molecule has 0 saturated heterocycles. The van der Waals surface area contributed by atoms with E-state index in [0.29, 0.717) is 0 Å². The Balaban J connectivity index is 0.00000400. The minimum atomic E-state index is 0. The van der Waals surface area contributed by atoms with E-state index in [0.717, 1.165) is 89.9 Å². The predicted molar refractivity (Wildman–Crippen MR) is 199 cm³/mol. The Hall–Kier alpha value is -6.04. The average molecular weight is 744 g/mol. The summed E-state index contributed by atoms with van der Waals surface area (Å²) in [7, 11) is 16.4. The van der Waals surface area contributed by atoms with Gasteiger partial charge in [0.05, 0.1) is 79.2 Å². The first-order valence-corrected chi connectivity index (χ1v) is 17.2. The van der Waals surface area contributed by atoms with E-state index in [1.807, 2.05) is 28.2 Å². The minimum Gasteiger partial charge on any atom is -0.657 e. The Morgan fingerprint density at radius 3 is 0.830 bits per heavy atom. The molecule has 0 fully saturated rings. The molecule has 9 rings (SSSR count). The van der Waals surface area contributed by atoms with Crippen LogP contribution in [0, 0.1) is 0 Å². The van der Waals surface area contributed by atoms with Gasteiger partial charge >= 0.3 is 17.1 Å². The Bertz CT molecular complexity index is 2470. The quantitative estimate of drug-likeness (QED) is 0.205. The van der Waals surface area contributed by atoms with Crippen molar-refractivity contribution in [3.63, 3.8) is 0 Å². The maximum Gasteiger partial charge on any atom is 2.00 e. The third kappa shape index (κ3) is 5.60. The van der Waals surface area contributed by atoms with Gasteiger partial charge in [-0.3, -0.25) is 0 Å². The van der Waals surface area contributed by atoms with Crippen LogP contribution in [-0.4, -0.2) is 28.2 Å². The van der Waals surface area contributed by atoms with Gasteiger partial charge in [-0.1, -0.05) is 24.3 Å². The summed E-state index contributed by atoms with van der Waals surface area (Å²) in [6.45, 7) is 0. The van der Waals surface area contributed by atoms with Crippen molar-refractivity contribution < 1.29 is 35.3 Å². The number of hydrogen-bond acceptors (Lipinski definition) is 2. The molecule has 12 nitrogen and oxygen atoms in total. The van der Waals surface area contributed by atoms with Gasteiger partial charge in [0.15, 0.2) is 22.8 Å². The molecule has 0 N–H and O–H groups in total. The van der Waals surface area contributed by atoms with Crippen molar-refractivity contribution in [1.82, 2.24) is 38.2 Å². The van der Waals surface area contributed by atoms with E-state index in [9.17, 15) is 0 Å². The Kier molecular flexibility index (Phi) is 8.08. The number of nitrogens with zero attached hydrogens (tertiary/aromatic N) is 12. The van der Waals surface area contributed by atoms with Crippen molar-refractivity contribution in [2.45, 2.75) is 0 Å². The second-order valence-electron chi connectivity index (χ2n) is 14.0. The largest absolute Gasteiger partial charge is 2.00 e. The van der Waals surface area contributed by atoms with Gasteiger partial charge < -0.3 is 9.97 Å². The van der Waals surface area contributed by atoms with Crippen molar-refractivity contribution in [2.24, 2.45) is 56.4 Å². The van der Waals surface area contributed by atoms with E-state index < -0.39 is 0 Å². The average Bonchev–Trinajstić information content (AvgIpc) is 3.93. The molecular weight excluding hydrogens is 703 g/mol. The first-order chi connectivity index (χ1) is 25.0. The zero-order valence-corrected chi connectivity index (χ0v) is 32.2. The molecule has 263 valence electrons. The van der Waals surface area contributed by atoms with E-state index >= 15 is 0 Å². The third-order valence-electron chi connectivity index (χ3n) is 9.88. The predicted octanol–water partition coefficient (Wildman–Crippen LogP) is 3.23. The standard InChI is InChI=1S/C40H40N12.Mn/c1-45-17-33(49(5)21-45)37-25-9-11-27(41-25)38(34-18-46(2)22-50(34)6)29-13-15-31(43-29)40(36-20-48(4)24-52(36)8)32-16-14-30(44-32)39(28-12-10-26(37)42-28)35-19-47(3)23-51(35)7;/h9-24H,1-8H3;/q2*+2. The van der Waals surface area contributed by atoms with Crippen LogP contribution in [0.15, 0.2) is 74.4 Å². The molecule has 0 spiro atoms. The molecule has 0 saturated carbocycles. The summed E-state index contributed by atoms with van der Waals surface area (Å²) < 4.78 is 16.7. The molecule has 0 amide bonds. The number of rotatable bonds is 4. The van der Waals surface area contributed by atoms with Crippen LogP contribution in [-0.2, 0) is 73.5 Å². The summed E-state index contributed by atoms with van der Waals surface area (Å²) in [6.07, 6.45) is 25.1. The molecule has 7 aromatic heterocycles. The second kappa shape index (κ2) is 12.6. The van der Waals surface area contributed by atoms with Crippen LogP contribution in [0.5, 0.6) is 0 Å². The Morgan fingerprint density at radius 1 is 0.415 bits per heavy atom. The van der Waals surface area contributed by atoms with Gasteiger partial charge in [0.1, 0.15) is 24.8 Å². The molecule has 0 unspecified atom stereocenters. The van der Waals surface area contributed by atoms with Crippen molar-refractivity contribution in [1.29, 1.82) is 0 Å². The molecular formula is C40H40MnN12+4. The molecule has 0 aliphatic carbocycles. The topological polar surface area (TPSA) is 89.2 Å². The molecule has 13 heteroatoms. The molecule has 1 radical (unpaired) electrons. The summed E-state index contributed by atoms with van der Waals surface area (Å²) in [5.41, 5.74) is 14.5. The summed E-state index contributed by atoms with van der Waals surface area (Å²) in [5.74, 6) is 0. The van der Waals surface area contributed by atoms with Crippen molar-refractivity contribution >= 4 is 46.4 Å². The summed E-state index contributed by atoms with van der Waals surface area (Å²) in [5, 5.41) is 0. The van der Waals surface area contributed by atoms with Gasteiger partial charge in [-0.25, -0.2) is 46.5 Å². The zero-order valence-electron chi connectivity index (χ0n) is 31.0. The van der Waals surface area contributed by atoms with Crippen LogP contribution in [0.3, 0.4) is 0 Å². The number of fused-ring (bicyclic) bond motifs is 8.